The van der Waals surface area contributed by atoms with Gasteiger partial charge in [-0.3, -0.25) is 4.79 Å². The number of nitrogens with two attached hydrogens (primary N) is 1. The molecule has 78 valence electrons. The van der Waals surface area contributed by atoms with E-state index in [4.69, 9.17) is 10.8 Å². The second-order valence-electron chi connectivity index (χ2n) is 3.26. The molecule has 0 aliphatic carbocycles. The fourth-order valence-electron chi connectivity index (χ4n) is 0.528. The van der Waals surface area contributed by atoms with E-state index in [1.54, 1.807) is 6.92 Å². The Hall–Kier alpha value is -0.272. The van der Waals surface area contributed by atoms with Crippen molar-refractivity contribution in [2.45, 2.75) is 36.6 Å². The Bertz CT molecular complexity index is 149. The Morgan fingerprint density at radius 3 is 1.92 bits per heavy atom. The zero-order valence-corrected chi connectivity index (χ0v) is 10.7. The molecule has 1 amide bonds. The molecular weight excluding hydrogens is 229 g/mol. The average Bonchev–Trinajstić information content (AvgIpc) is 1.84. The average molecular weight is 249 g/mol. The van der Waals surface area contributed by atoms with Gasteiger partial charge in [0.15, 0.2) is 0 Å². The van der Waals surface area contributed by atoms with Gasteiger partial charge in [0.1, 0.15) is 0 Å². The van der Waals surface area contributed by atoms with Crippen LogP contribution in [0.3, 0.4) is 0 Å². The third kappa shape index (κ3) is 18.6. The fraction of sp³-hybridized carbons (Fsp3) is 0.667. The predicted octanol–water partition coefficient (Wildman–Crippen LogP) is 1.17. The molecule has 3 N–H and O–H groups in total. The van der Waals surface area contributed by atoms with Gasteiger partial charge in [0, 0.05) is 5.57 Å². The van der Waals surface area contributed by atoms with Gasteiger partial charge in [-0.15, -0.1) is 0 Å². The molecule has 13 heavy (non-hydrogen) atoms. The van der Waals surface area contributed by atoms with E-state index in [1.165, 1.54) is 0 Å². The first-order valence-corrected chi connectivity index (χ1v) is 9.13. The number of carbonyl (C=O) groups is 1. The summed E-state index contributed by atoms with van der Waals surface area (Å²) < 4.78 is 0. The van der Waals surface area contributed by atoms with Gasteiger partial charge < -0.3 is 5.73 Å². The Labute approximate surface area is 85.3 Å². The molecule has 0 rings (SSSR count). The summed E-state index contributed by atoms with van der Waals surface area (Å²) in [5, 5.41) is 9.82. The molecule has 3 nitrogen and oxygen atoms in total. The van der Waals surface area contributed by atoms with Gasteiger partial charge >= 0.3 is 49.4 Å². The summed E-state index contributed by atoms with van der Waals surface area (Å²) in [6, 6.07) is 0. The van der Waals surface area contributed by atoms with Crippen LogP contribution in [0.1, 0.15) is 13.8 Å². The molecule has 0 aromatic carbocycles. The van der Waals surface area contributed by atoms with Gasteiger partial charge in [0.25, 0.3) is 0 Å². The van der Waals surface area contributed by atoms with Gasteiger partial charge in [-0.05, 0) is 6.92 Å². The zero-order valence-electron chi connectivity index (χ0n) is 8.87. The fourth-order valence-corrected chi connectivity index (χ4v) is 2.75. The SMILES string of the molecule is C=C(C)C(N)=O.CC(O)C[As](C)C. The molecule has 0 aromatic heterocycles. The van der Waals surface area contributed by atoms with E-state index in [0.717, 1.165) is 5.21 Å². The van der Waals surface area contributed by atoms with Crippen LogP contribution in [0.4, 0.5) is 0 Å². The molecule has 0 fully saturated rings. The van der Waals surface area contributed by atoms with Gasteiger partial charge in [0.2, 0.25) is 5.91 Å². The number of aliphatic hydroxyl groups excluding tert-OH is 1. The summed E-state index contributed by atoms with van der Waals surface area (Å²) >= 11 is -0.534. The molecule has 0 heterocycles. The summed E-state index contributed by atoms with van der Waals surface area (Å²) in [5.41, 5.74) is 9.59. The van der Waals surface area contributed by atoms with Crippen LogP contribution in [0, 0.1) is 0 Å². The molecule has 1 unspecified atom stereocenters. The van der Waals surface area contributed by atoms with E-state index < -0.39 is 20.6 Å². The van der Waals surface area contributed by atoms with Gasteiger partial charge in [0.05, 0.1) is 0 Å². The molecular formula is C9H20AsNO2. The van der Waals surface area contributed by atoms with E-state index in [9.17, 15) is 4.79 Å². The Morgan fingerprint density at radius 1 is 1.62 bits per heavy atom. The van der Waals surface area contributed by atoms with Crippen LogP contribution >= 0.6 is 0 Å². The Morgan fingerprint density at radius 2 is 1.92 bits per heavy atom. The molecule has 0 saturated carbocycles. The van der Waals surface area contributed by atoms with Crippen molar-refractivity contribution < 1.29 is 9.90 Å². The molecule has 0 spiro atoms. The van der Waals surface area contributed by atoms with Gasteiger partial charge in [-0.1, -0.05) is 6.58 Å². The second kappa shape index (κ2) is 8.33. The number of aliphatic hydroxyl groups is 1. The van der Waals surface area contributed by atoms with Crippen LogP contribution in [-0.4, -0.2) is 31.8 Å². The summed E-state index contributed by atoms with van der Waals surface area (Å²) in [5.74, 6) is -0.435. The minimum absolute atomic E-state index is 0.0602. The van der Waals surface area contributed by atoms with E-state index in [1.807, 2.05) is 6.92 Å². The third-order valence-corrected chi connectivity index (χ3v) is 3.69. The van der Waals surface area contributed by atoms with E-state index in [0.29, 0.717) is 5.57 Å². The Balaban J connectivity index is 0. The predicted molar refractivity (Wildman–Crippen MR) is 58.0 cm³/mol. The van der Waals surface area contributed by atoms with Crippen molar-refractivity contribution in [3.8, 4) is 0 Å². The van der Waals surface area contributed by atoms with Gasteiger partial charge in [-0.25, -0.2) is 0 Å². The molecule has 4 heteroatoms. The minimum atomic E-state index is -0.534. The van der Waals surface area contributed by atoms with Gasteiger partial charge in [-0.2, -0.15) is 0 Å². The van der Waals surface area contributed by atoms with Crippen molar-refractivity contribution in [2.75, 3.05) is 0 Å². The summed E-state index contributed by atoms with van der Waals surface area (Å²) in [6.07, 6.45) is -0.0602. The zero-order chi connectivity index (χ0) is 11.0. The second-order valence-corrected chi connectivity index (χ2v) is 8.55. The molecule has 0 saturated heterocycles. The monoisotopic (exact) mass is 249 g/mol. The standard InChI is InChI=1S/C5H13AsO.C4H7NO/c1-5(7)4-6(2)3;1-3(2)4(5)6/h5,7H,4H2,1-3H3;1H2,2H3,(H2,5,6). The number of rotatable bonds is 3. The topological polar surface area (TPSA) is 63.3 Å². The number of amides is 1. The molecule has 0 aliphatic rings. The molecule has 0 radical (unpaired) electrons. The third-order valence-electron chi connectivity index (χ3n) is 1.05. The van der Waals surface area contributed by atoms with Crippen LogP contribution in [0.25, 0.3) is 0 Å². The van der Waals surface area contributed by atoms with Crippen LogP contribution in [0.2, 0.25) is 16.6 Å². The number of carbonyl (C=O) groups excluding carboxylic acids is 1. The number of hydrogen-bond acceptors (Lipinski definition) is 2. The first-order chi connectivity index (χ1) is 5.77. The van der Waals surface area contributed by atoms with Crippen molar-refractivity contribution in [2.24, 2.45) is 5.73 Å². The van der Waals surface area contributed by atoms with Crippen molar-refractivity contribution in [3.05, 3.63) is 12.2 Å². The van der Waals surface area contributed by atoms with Crippen molar-refractivity contribution >= 4 is 20.6 Å². The quantitative estimate of drug-likeness (QED) is 0.582. The first-order valence-electron chi connectivity index (χ1n) is 4.05. The normalized spacial score (nSPS) is 11.5. The van der Waals surface area contributed by atoms with E-state index in [-0.39, 0.29) is 6.10 Å². The Kier molecular flexibility index (Phi) is 9.75. The van der Waals surface area contributed by atoms with Crippen LogP contribution < -0.4 is 5.73 Å². The van der Waals surface area contributed by atoms with Crippen LogP contribution in [0.5, 0.6) is 0 Å². The number of primary amides is 1. The first kappa shape index (κ1) is 15.2. The van der Waals surface area contributed by atoms with Crippen molar-refractivity contribution in [3.63, 3.8) is 0 Å². The summed E-state index contributed by atoms with van der Waals surface area (Å²) in [4.78, 5) is 9.82. The molecule has 0 bridgehead atoms. The maximum atomic E-state index is 9.82. The van der Waals surface area contributed by atoms with Crippen molar-refractivity contribution in [1.82, 2.24) is 0 Å². The van der Waals surface area contributed by atoms with E-state index in [2.05, 4.69) is 18.0 Å². The summed E-state index contributed by atoms with van der Waals surface area (Å²) in [6.45, 7) is 6.71. The van der Waals surface area contributed by atoms with Crippen molar-refractivity contribution in [1.29, 1.82) is 0 Å². The molecule has 1 atom stereocenters. The van der Waals surface area contributed by atoms with Crippen LogP contribution in [-0.2, 0) is 4.79 Å². The van der Waals surface area contributed by atoms with Crippen LogP contribution in [0.15, 0.2) is 12.2 Å². The van der Waals surface area contributed by atoms with E-state index >= 15 is 0 Å². The summed E-state index contributed by atoms with van der Waals surface area (Å²) in [7, 11) is 0. The maximum absolute atomic E-state index is 9.82. The molecule has 0 aromatic rings. The number of hydrogen-bond donors (Lipinski definition) is 2. The molecule has 0 aliphatic heterocycles.